The SMILES string of the molecule is C[C@@H](N)CCCc1nc2ccccc2s1. The Kier molecular flexibility index (Phi) is 3.34. The molecule has 0 spiro atoms. The summed E-state index contributed by atoms with van der Waals surface area (Å²) in [5.74, 6) is 0. The van der Waals surface area contributed by atoms with Gasteiger partial charge in [0.25, 0.3) is 0 Å². The van der Waals surface area contributed by atoms with Crippen LogP contribution in [0.25, 0.3) is 10.2 Å². The number of thiazole rings is 1. The highest BCUT2D eigenvalue weighted by atomic mass is 32.1. The van der Waals surface area contributed by atoms with E-state index in [2.05, 4.69) is 30.1 Å². The fourth-order valence-electron chi connectivity index (χ4n) is 1.60. The highest BCUT2D eigenvalue weighted by Crippen LogP contribution is 2.22. The molecule has 0 unspecified atom stereocenters. The molecule has 0 radical (unpaired) electrons. The number of nitrogens with zero attached hydrogens (tertiary/aromatic N) is 1. The minimum absolute atomic E-state index is 0.305. The van der Waals surface area contributed by atoms with E-state index < -0.39 is 0 Å². The van der Waals surface area contributed by atoms with Crippen molar-refractivity contribution in [3.05, 3.63) is 29.3 Å². The molecule has 15 heavy (non-hydrogen) atoms. The molecule has 0 saturated heterocycles. The predicted molar refractivity (Wildman–Crippen MR) is 66.2 cm³/mol. The standard InChI is InChI=1S/C12H16N2S/c1-9(13)5-4-8-12-14-10-6-2-3-7-11(10)15-12/h2-3,6-7,9H,4-5,8,13H2,1H3/t9-/m1/s1. The lowest BCUT2D eigenvalue weighted by molar-refractivity contribution is 0.623. The normalized spacial score (nSPS) is 13.2. The molecule has 2 N–H and O–H groups in total. The average Bonchev–Trinajstić information content (AvgIpc) is 2.59. The van der Waals surface area contributed by atoms with Gasteiger partial charge in [0.1, 0.15) is 0 Å². The first-order valence-electron chi connectivity index (χ1n) is 5.36. The summed E-state index contributed by atoms with van der Waals surface area (Å²) in [6, 6.07) is 8.60. The summed E-state index contributed by atoms with van der Waals surface area (Å²) in [6.45, 7) is 2.05. The molecular weight excluding hydrogens is 204 g/mol. The molecule has 2 nitrogen and oxygen atoms in total. The average molecular weight is 220 g/mol. The van der Waals surface area contributed by atoms with Crippen molar-refractivity contribution in [2.75, 3.05) is 0 Å². The number of aryl methyl sites for hydroxylation is 1. The van der Waals surface area contributed by atoms with Gasteiger partial charge in [0.05, 0.1) is 15.2 Å². The fourth-order valence-corrected chi connectivity index (χ4v) is 2.61. The zero-order valence-electron chi connectivity index (χ0n) is 8.94. The van der Waals surface area contributed by atoms with Crippen molar-refractivity contribution in [2.45, 2.75) is 32.2 Å². The summed E-state index contributed by atoms with van der Waals surface area (Å²) in [5.41, 5.74) is 6.84. The maximum atomic E-state index is 5.71. The van der Waals surface area contributed by atoms with E-state index in [1.54, 1.807) is 11.3 Å². The van der Waals surface area contributed by atoms with Gasteiger partial charge in [-0.05, 0) is 38.3 Å². The third-order valence-corrected chi connectivity index (χ3v) is 3.48. The lowest BCUT2D eigenvalue weighted by Gasteiger charge is -2.01. The van der Waals surface area contributed by atoms with Crippen molar-refractivity contribution < 1.29 is 0 Å². The highest BCUT2D eigenvalue weighted by molar-refractivity contribution is 7.18. The van der Waals surface area contributed by atoms with Gasteiger partial charge in [0.15, 0.2) is 0 Å². The molecule has 0 aliphatic carbocycles. The first kappa shape index (κ1) is 10.6. The van der Waals surface area contributed by atoms with Gasteiger partial charge in [-0.3, -0.25) is 0 Å². The maximum Gasteiger partial charge on any atom is 0.0938 e. The Morgan fingerprint density at radius 1 is 1.40 bits per heavy atom. The second-order valence-corrected chi connectivity index (χ2v) is 5.06. The fraction of sp³-hybridized carbons (Fsp3) is 0.417. The number of rotatable bonds is 4. The molecule has 0 aliphatic heterocycles. The van der Waals surface area contributed by atoms with Crippen molar-refractivity contribution in [1.29, 1.82) is 0 Å². The van der Waals surface area contributed by atoms with Gasteiger partial charge >= 0.3 is 0 Å². The summed E-state index contributed by atoms with van der Waals surface area (Å²) in [4.78, 5) is 4.59. The van der Waals surface area contributed by atoms with Gasteiger partial charge in [0, 0.05) is 6.04 Å². The summed E-state index contributed by atoms with van der Waals surface area (Å²) in [7, 11) is 0. The summed E-state index contributed by atoms with van der Waals surface area (Å²) in [6.07, 6.45) is 3.27. The molecule has 1 atom stereocenters. The Morgan fingerprint density at radius 3 is 2.93 bits per heavy atom. The zero-order valence-corrected chi connectivity index (χ0v) is 9.76. The molecular formula is C12H16N2S. The topological polar surface area (TPSA) is 38.9 Å². The second kappa shape index (κ2) is 4.73. The van der Waals surface area contributed by atoms with Crippen molar-refractivity contribution >= 4 is 21.6 Å². The first-order valence-corrected chi connectivity index (χ1v) is 6.17. The molecule has 2 aromatic rings. The Hall–Kier alpha value is -0.930. The van der Waals surface area contributed by atoms with Crippen LogP contribution in [0.1, 0.15) is 24.8 Å². The van der Waals surface area contributed by atoms with E-state index in [9.17, 15) is 0 Å². The predicted octanol–water partition coefficient (Wildman–Crippen LogP) is 2.97. The van der Waals surface area contributed by atoms with Crippen LogP contribution in [0.2, 0.25) is 0 Å². The van der Waals surface area contributed by atoms with E-state index in [0.717, 1.165) is 24.8 Å². The van der Waals surface area contributed by atoms with Crippen LogP contribution in [0.15, 0.2) is 24.3 Å². The number of nitrogens with two attached hydrogens (primary N) is 1. The van der Waals surface area contributed by atoms with Crippen LogP contribution < -0.4 is 5.73 Å². The first-order chi connectivity index (χ1) is 7.25. The molecule has 1 heterocycles. The molecule has 1 aromatic carbocycles. The lowest BCUT2D eigenvalue weighted by Crippen LogP contribution is -2.14. The smallest absolute Gasteiger partial charge is 0.0938 e. The number of fused-ring (bicyclic) bond motifs is 1. The molecule has 0 amide bonds. The van der Waals surface area contributed by atoms with Crippen LogP contribution in [-0.2, 0) is 6.42 Å². The number of benzene rings is 1. The van der Waals surface area contributed by atoms with Gasteiger partial charge in [-0.2, -0.15) is 0 Å². The largest absolute Gasteiger partial charge is 0.328 e. The molecule has 80 valence electrons. The molecule has 0 aliphatic rings. The van der Waals surface area contributed by atoms with E-state index in [4.69, 9.17) is 5.73 Å². The molecule has 3 heteroatoms. The van der Waals surface area contributed by atoms with Crippen LogP contribution >= 0.6 is 11.3 Å². The van der Waals surface area contributed by atoms with E-state index in [-0.39, 0.29) is 0 Å². The van der Waals surface area contributed by atoms with Crippen LogP contribution in [0.4, 0.5) is 0 Å². The minimum Gasteiger partial charge on any atom is -0.328 e. The van der Waals surface area contributed by atoms with Crippen molar-refractivity contribution in [2.24, 2.45) is 5.73 Å². The highest BCUT2D eigenvalue weighted by Gasteiger charge is 2.03. The summed E-state index contributed by atoms with van der Waals surface area (Å²) < 4.78 is 1.29. The van der Waals surface area contributed by atoms with E-state index in [1.165, 1.54) is 9.71 Å². The maximum absolute atomic E-state index is 5.71. The molecule has 0 saturated carbocycles. The Bertz CT molecular complexity index is 401. The van der Waals surface area contributed by atoms with Crippen LogP contribution in [0.5, 0.6) is 0 Å². The number of para-hydroxylation sites is 1. The lowest BCUT2D eigenvalue weighted by atomic mass is 10.1. The number of hydrogen-bond acceptors (Lipinski definition) is 3. The van der Waals surface area contributed by atoms with Gasteiger partial charge < -0.3 is 5.73 Å². The Balaban J connectivity index is 2.03. The Labute approximate surface area is 94.1 Å². The summed E-state index contributed by atoms with van der Waals surface area (Å²) >= 11 is 1.80. The quantitative estimate of drug-likeness (QED) is 0.860. The van der Waals surface area contributed by atoms with Gasteiger partial charge in [-0.1, -0.05) is 12.1 Å². The van der Waals surface area contributed by atoms with Crippen molar-refractivity contribution in [3.8, 4) is 0 Å². The molecule has 2 rings (SSSR count). The van der Waals surface area contributed by atoms with Crippen LogP contribution in [0.3, 0.4) is 0 Å². The number of aromatic nitrogens is 1. The van der Waals surface area contributed by atoms with Gasteiger partial charge in [-0.15, -0.1) is 11.3 Å². The third-order valence-electron chi connectivity index (χ3n) is 2.39. The van der Waals surface area contributed by atoms with E-state index in [0.29, 0.717) is 6.04 Å². The third kappa shape index (κ3) is 2.76. The van der Waals surface area contributed by atoms with Crippen LogP contribution in [-0.4, -0.2) is 11.0 Å². The molecule has 0 bridgehead atoms. The zero-order chi connectivity index (χ0) is 10.7. The van der Waals surface area contributed by atoms with Crippen molar-refractivity contribution in [1.82, 2.24) is 4.98 Å². The monoisotopic (exact) mass is 220 g/mol. The van der Waals surface area contributed by atoms with Crippen molar-refractivity contribution in [3.63, 3.8) is 0 Å². The summed E-state index contributed by atoms with van der Waals surface area (Å²) in [5, 5.41) is 1.23. The van der Waals surface area contributed by atoms with Gasteiger partial charge in [-0.25, -0.2) is 4.98 Å². The molecule has 0 fully saturated rings. The molecule has 1 aromatic heterocycles. The van der Waals surface area contributed by atoms with Gasteiger partial charge in [0.2, 0.25) is 0 Å². The minimum atomic E-state index is 0.305. The van der Waals surface area contributed by atoms with E-state index in [1.807, 2.05) is 6.07 Å². The Morgan fingerprint density at radius 2 is 2.20 bits per heavy atom. The second-order valence-electron chi connectivity index (χ2n) is 3.94. The van der Waals surface area contributed by atoms with E-state index >= 15 is 0 Å². The number of hydrogen-bond donors (Lipinski definition) is 1. The van der Waals surface area contributed by atoms with Crippen LogP contribution in [0, 0.1) is 0 Å².